The lowest BCUT2D eigenvalue weighted by Crippen LogP contribution is -2.38. The maximum atomic E-state index is 5.33. The first-order valence-corrected chi connectivity index (χ1v) is 7.02. The second kappa shape index (κ2) is 5.57. The highest BCUT2D eigenvalue weighted by atomic mass is 16.5. The Balaban J connectivity index is 1.89. The molecule has 0 spiro atoms. The van der Waals surface area contributed by atoms with Crippen LogP contribution < -0.4 is 10.1 Å². The Labute approximate surface area is 114 Å². The Morgan fingerprint density at radius 2 is 2.32 bits per heavy atom. The van der Waals surface area contributed by atoms with E-state index in [1.165, 1.54) is 36.7 Å². The number of rotatable bonds is 3. The molecule has 2 unspecified atom stereocenters. The normalized spacial score (nSPS) is 26.2. The molecule has 1 fully saturated rings. The van der Waals surface area contributed by atoms with Gasteiger partial charge in [0.15, 0.2) is 0 Å². The molecule has 3 nitrogen and oxygen atoms in total. The Hall–Kier alpha value is -1.61. The van der Waals surface area contributed by atoms with E-state index in [0.717, 1.165) is 24.8 Å². The van der Waals surface area contributed by atoms with Gasteiger partial charge in [0, 0.05) is 12.7 Å². The fraction of sp³-hybridized carbons (Fsp3) is 0.438. The average Bonchev–Trinajstić information content (AvgIpc) is 2.47. The van der Waals surface area contributed by atoms with Crippen molar-refractivity contribution in [3.63, 3.8) is 0 Å². The lowest BCUT2D eigenvalue weighted by molar-refractivity contribution is 0.285. The molecule has 2 heterocycles. The van der Waals surface area contributed by atoms with Crippen LogP contribution in [0.1, 0.15) is 24.8 Å². The minimum absolute atomic E-state index is 0.628. The van der Waals surface area contributed by atoms with Crippen LogP contribution >= 0.6 is 0 Å². The summed E-state index contributed by atoms with van der Waals surface area (Å²) in [6.07, 6.45) is 11.3. The van der Waals surface area contributed by atoms with Crippen LogP contribution in [0.3, 0.4) is 0 Å². The number of piperidine rings is 1. The number of hydrogen-bond acceptors (Lipinski definition) is 3. The molecular weight excluding hydrogens is 236 g/mol. The minimum Gasteiger partial charge on any atom is -0.464 e. The molecule has 0 aromatic carbocycles. The molecule has 0 saturated carbocycles. The Kier molecular flexibility index (Phi) is 3.65. The van der Waals surface area contributed by atoms with Gasteiger partial charge in [-0.05, 0) is 54.8 Å². The molecule has 0 amide bonds. The largest absolute Gasteiger partial charge is 0.464 e. The van der Waals surface area contributed by atoms with Gasteiger partial charge in [-0.25, -0.2) is 0 Å². The number of fused-ring (bicyclic) bond motifs is 1. The van der Waals surface area contributed by atoms with Gasteiger partial charge in [-0.3, -0.25) is 4.98 Å². The van der Waals surface area contributed by atoms with Crippen LogP contribution in [0, 0.1) is 11.8 Å². The van der Waals surface area contributed by atoms with Crippen LogP contribution in [0.5, 0.6) is 5.75 Å². The number of hydrogen-bond donors (Lipinski definition) is 1. The molecule has 1 aliphatic heterocycles. The average molecular weight is 256 g/mol. The zero-order valence-electron chi connectivity index (χ0n) is 11.1. The Morgan fingerprint density at radius 3 is 3.21 bits per heavy atom. The highest BCUT2D eigenvalue weighted by Crippen LogP contribution is 2.39. The smallest absolute Gasteiger partial charge is 0.145 e. The lowest BCUT2D eigenvalue weighted by Gasteiger charge is -2.37. The molecule has 2 atom stereocenters. The Morgan fingerprint density at radius 1 is 1.37 bits per heavy atom. The summed E-state index contributed by atoms with van der Waals surface area (Å²) in [5.74, 6) is 2.22. The topological polar surface area (TPSA) is 34.1 Å². The third-order valence-corrected chi connectivity index (χ3v) is 4.19. The SMILES string of the molecule is C=COc1cncc(C2=CCCC3CCNCC23)c1. The summed E-state index contributed by atoms with van der Waals surface area (Å²) in [6.45, 7) is 5.83. The van der Waals surface area contributed by atoms with E-state index in [4.69, 9.17) is 4.74 Å². The molecule has 0 radical (unpaired) electrons. The lowest BCUT2D eigenvalue weighted by atomic mass is 9.73. The van der Waals surface area contributed by atoms with Crippen LogP contribution in [-0.4, -0.2) is 18.1 Å². The van der Waals surface area contributed by atoms with Crippen LogP contribution in [0.4, 0.5) is 0 Å². The molecule has 1 aliphatic carbocycles. The summed E-state index contributed by atoms with van der Waals surface area (Å²) >= 11 is 0. The van der Waals surface area contributed by atoms with Crippen molar-refractivity contribution in [1.29, 1.82) is 0 Å². The van der Waals surface area contributed by atoms with Crippen molar-refractivity contribution in [2.24, 2.45) is 11.8 Å². The van der Waals surface area contributed by atoms with Gasteiger partial charge in [0.05, 0.1) is 12.5 Å². The molecule has 0 bridgehead atoms. The fourth-order valence-electron chi connectivity index (χ4n) is 3.30. The maximum Gasteiger partial charge on any atom is 0.145 e. The Bertz CT molecular complexity index is 495. The van der Waals surface area contributed by atoms with E-state index >= 15 is 0 Å². The van der Waals surface area contributed by atoms with Gasteiger partial charge in [-0.2, -0.15) is 0 Å². The highest BCUT2D eigenvalue weighted by molar-refractivity contribution is 5.69. The number of aromatic nitrogens is 1. The van der Waals surface area contributed by atoms with Gasteiger partial charge in [0.1, 0.15) is 5.75 Å². The van der Waals surface area contributed by atoms with E-state index in [9.17, 15) is 0 Å². The number of pyridine rings is 1. The van der Waals surface area contributed by atoms with Gasteiger partial charge in [0.2, 0.25) is 0 Å². The van der Waals surface area contributed by atoms with E-state index in [1.54, 1.807) is 6.20 Å². The predicted octanol–water partition coefficient (Wildman–Crippen LogP) is 3.01. The van der Waals surface area contributed by atoms with Crippen molar-refractivity contribution in [1.82, 2.24) is 10.3 Å². The molecular formula is C16H20N2O. The molecule has 3 heteroatoms. The first kappa shape index (κ1) is 12.4. The summed E-state index contributed by atoms with van der Waals surface area (Å²) in [5, 5.41) is 3.51. The third kappa shape index (κ3) is 2.56. The standard InChI is InChI=1S/C16H20N2O/c1-2-19-14-8-13(9-18-10-14)15-5-3-4-12-6-7-17-11-16(12)15/h2,5,8-10,12,16-17H,1,3-4,6-7,11H2. The van der Waals surface area contributed by atoms with Gasteiger partial charge < -0.3 is 10.1 Å². The summed E-state index contributed by atoms with van der Waals surface area (Å²) < 4.78 is 5.33. The van der Waals surface area contributed by atoms with Crippen molar-refractivity contribution < 1.29 is 4.74 Å². The third-order valence-electron chi connectivity index (χ3n) is 4.19. The number of nitrogens with zero attached hydrogens (tertiary/aromatic N) is 1. The monoisotopic (exact) mass is 256 g/mol. The molecule has 1 saturated heterocycles. The van der Waals surface area contributed by atoms with Gasteiger partial charge in [-0.15, -0.1) is 0 Å². The van der Waals surface area contributed by atoms with Crippen molar-refractivity contribution in [3.05, 3.63) is 42.9 Å². The number of nitrogens with one attached hydrogen (secondary N) is 1. The zero-order chi connectivity index (χ0) is 13.1. The molecule has 100 valence electrons. The van der Waals surface area contributed by atoms with Crippen molar-refractivity contribution in [2.45, 2.75) is 19.3 Å². The summed E-state index contributed by atoms with van der Waals surface area (Å²) in [4.78, 5) is 4.28. The van der Waals surface area contributed by atoms with Crippen molar-refractivity contribution in [2.75, 3.05) is 13.1 Å². The van der Waals surface area contributed by atoms with Crippen LogP contribution in [-0.2, 0) is 0 Å². The highest BCUT2D eigenvalue weighted by Gasteiger charge is 2.30. The second-order valence-electron chi connectivity index (χ2n) is 5.29. The maximum absolute atomic E-state index is 5.33. The van der Waals surface area contributed by atoms with Gasteiger partial charge in [0.25, 0.3) is 0 Å². The minimum atomic E-state index is 0.628. The van der Waals surface area contributed by atoms with E-state index in [-0.39, 0.29) is 0 Å². The van der Waals surface area contributed by atoms with Gasteiger partial charge >= 0.3 is 0 Å². The first-order valence-electron chi connectivity index (χ1n) is 7.02. The van der Waals surface area contributed by atoms with E-state index in [0.29, 0.717) is 5.92 Å². The number of ether oxygens (including phenoxy) is 1. The van der Waals surface area contributed by atoms with Crippen LogP contribution in [0.25, 0.3) is 5.57 Å². The van der Waals surface area contributed by atoms with Crippen molar-refractivity contribution >= 4 is 5.57 Å². The number of allylic oxidation sites excluding steroid dienone is 1. The quantitative estimate of drug-likeness (QED) is 0.844. The van der Waals surface area contributed by atoms with Crippen LogP contribution in [0.2, 0.25) is 0 Å². The summed E-state index contributed by atoms with van der Waals surface area (Å²) in [7, 11) is 0. The van der Waals surface area contributed by atoms with E-state index in [1.807, 2.05) is 6.20 Å². The van der Waals surface area contributed by atoms with Gasteiger partial charge in [-0.1, -0.05) is 12.7 Å². The molecule has 1 aromatic rings. The first-order chi connectivity index (χ1) is 9.38. The molecule has 19 heavy (non-hydrogen) atoms. The zero-order valence-corrected chi connectivity index (χ0v) is 11.1. The van der Waals surface area contributed by atoms with E-state index in [2.05, 4.69) is 29.0 Å². The predicted molar refractivity (Wildman–Crippen MR) is 76.7 cm³/mol. The molecule has 1 aromatic heterocycles. The summed E-state index contributed by atoms with van der Waals surface area (Å²) in [5.41, 5.74) is 2.63. The second-order valence-corrected chi connectivity index (χ2v) is 5.29. The fourth-order valence-corrected chi connectivity index (χ4v) is 3.30. The molecule has 2 aliphatic rings. The van der Waals surface area contributed by atoms with Crippen molar-refractivity contribution in [3.8, 4) is 5.75 Å². The summed E-state index contributed by atoms with van der Waals surface area (Å²) in [6, 6.07) is 2.07. The van der Waals surface area contributed by atoms with Crippen LogP contribution in [0.15, 0.2) is 37.4 Å². The molecule has 1 N–H and O–H groups in total. The molecule has 3 rings (SSSR count). The van der Waals surface area contributed by atoms with E-state index < -0.39 is 0 Å².